The monoisotopic (exact) mass is 512 g/mol. The number of alkyl carbamates (subject to hydrolysis) is 1. The van der Waals surface area contributed by atoms with Crippen molar-refractivity contribution < 1.29 is 28.5 Å². The van der Waals surface area contributed by atoms with Gasteiger partial charge in [-0.3, -0.25) is 0 Å². The van der Waals surface area contributed by atoms with Crippen molar-refractivity contribution in [2.45, 2.75) is 51.0 Å². The topological polar surface area (TPSA) is 86.3 Å². The van der Waals surface area contributed by atoms with Crippen molar-refractivity contribution in [1.82, 2.24) is 5.32 Å². The Bertz CT molecular complexity index is 1120. The van der Waals surface area contributed by atoms with Crippen LogP contribution in [0.2, 0.25) is 0 Å². The molecule has 1 aliphatic carbocycles. The van der Waals surface area contributed by atoms with E-state index >= 15 is 0 Å². The van der Waals surface area contributed by atoms with E-state index in [9.17, 15) is 9.59 Å². The van der Waals surface area contributed by atoms with Gasteiger partial charge in [0.05, 0.1) is 42.3 Å². The molecule has 192 valence electrons. The molecule has 1 aliphatic heterocycles. The zero-order valence-corrected chi connectivity index (χ0v) is 21.7. The number of ether oxygens (including phenoxy) is 4. The van der Waals surface area contributed by atoms with E-state index in [1.54, 1.807) is 0 Å². The van der Waals surface area contributed by atoms with Crippen molar-refractivity contribution in [3.63, 3.8) is 0 Å². The van der Waals surface area contributed by atoms with Gasteiger partial charge in [0.1, 0.15) is 6.61 Å². The second kappa shape index (κ2) is 11.8. The molecule has 1 saturated carbocycles. The van der Waals surface area contributed by atoms with E-state index in [1.807, 2.05) is 37.3 Å². The van der Waals surface area contributed by atoms with E-state index in [1.165, 1.54) is 18.4 Å². The first-order valence-corrected chi connectivity index (χ1v) is 12.9. The third-order valence-corrected chi connectivity index (χ3v) is 7.94. The summed E-state index contributed by atoms with van der Waals surface area (Å²) in [5.41, 5.74) is 2.23. The highest BCUT2D eigenvalue weighted by atomic mass is 32.1. The summed E-state index contributed by atoms with van der Waals surface area (Å²) in [7, 11) is 3.42. The summed E-state index contributed by atoms with van der Waals surface area (Å²) >= 11 is 1.47. The summed E-state index contributed by atoms with van der Waals surface area (Å²) in [5.74, 6) is 5.15. The normalized spacial score (nSPS) is 16.8. The van der Waals surface area contributed by atoms with Crippen LogP contribution in [0.25, 0.3) is 0 Å². The van der Waals surface area contributed by atoms with Crippen LogP contribution in [0.4, 0.5) is 9.80 Å². The molecule has 2 heterocycles. The molecule has 2 aliphatic rings. The lowest BCUT2D eigenvalue weighted by molar-refractivity contribution is -0.178. The van der Waals surface area contributed by atoms with E-state index < -0.39 is 17.8 Å². The number of carbonyl (C=O) groups excluding carboxylic acids is 2. The molecule has 36 heavy (non-hydrogen) atoms. The number of amides is 1. The number of carbonyl (C=O) groups is 2. The second-order valence-electron chi connectivity index (χ2n) is 8.89. The largest absolute Gasteiger partial charge is 0.465 e. The van der Waals surface area contributed by atoms with E-state index in [0.29, 0.717) is 29.7 Å². The maximum Gasteiger partial charge on any atom is 0.408 e. The fourth-order valence-corrected chi connectivity index (χ4v) is 5.87. The highest BCUT2D eigenvalue weighted by Crippen LogP contribution is 2.41. The maximum absolute atomic E-state index is 12.6. The summed E-state index contributed by atoms with van der Waals surface area (Å²) in [5, 5.41) is 3.62. The van der Waals surface area contributed by atoms with Gasteiger partial charge in [0.25, 0.3) is 0 Å². The first-order chi connectivity index (χ1) is 17.4. The first kappa shape index (κ1) is 26.0. The van der Waals surface area contributed by atoms with Crippen molar-refractivity contribution >= 4 is 28.4 Å². The number of esters is 1. The molecule has 1 saturated heterocycles. The van der Waals surface area contributed by atoms with Crippen molar-refractivity contribution in [2.24, 2.45) is 0 Å². The van der Waals surface area contributed by atoms with Gasteiger partial charge in [-0.15, -0.1) is 11.3 Å². The van der Waals surface area contributed by atoms with Crippen LogP contribution in [0.15, 0.2) is 30.3 Å². The molecule has 9 heteroatoms. The third kappa shape index (κ3) is 6.01. The standard InChI is InChI=1S/C27H32N2O6S/c1-19-23(25(30)32-3)22(10-7-15-28-26(31)33-18-20-8-5-4-6-9-20)36-24(19)29(2)21-11-13-27(14-12-21)34-16-17-35-27/h4-6,8-9,21H,11-18H2,1-3H3,(H,28,31). The van der Waals surface area contributed by atoms with Gasteiger partial charge in [-0.25, -0.2) is 9.59 Å². The van der Waals surface area contributed by atoms with Crippen LogP contribution in [0, 0.1) is 18.8 Å². The summed E-state index contributed by atoms with van der Waals surface area (Å²) in [6.07, 6.45) is 3.05. The van der Waals surface area contributed by atoms with Gasteiger partial charge in [0.2, 0.25) is 0 Å². The molecular weight excluding hydrogens is 480 g/mol. The van der Waals surface area contributed by atoms with Gasteiger partial charge in [0.15, 0.2) is 5.79 Å². The molecule has 2 fully saturated rings. The number of methoxy groups -OCH3 is 1. The quantitative estimate of drug-likeness (QED) is 0.458. The first-order valence-electron chi connectivity index (χ1n) is 12.1. The van der Waals surface area contributed by atoms with Gasteiger partial charge in [-0.05, 0) is 30.9 Å². The lowest BCUT2D eigenvalue weighted by Crippen LogP contribution is -2.42. The number of hydrogen-bond acceptors (Lipinski definition) is 8. The van der Waals surface area contributed by atoms with Crippen molar-refractivity contribution in [3.8, 4) is 11.8 Å². The Hall–Kier alpha value is -3.06. The minimum Gasteiger partial charge on any atom is -0.465 e. The Morgan fingerprint density at radius 3 is 2.56 bits per heavy atom. The van der Waals surface area contributed by atoms with Crippen LogP contribution >= 0.6 is 11.3 Å². The van der Waals surface area contributed by atoms with Crippen LogP contribution in [-0.2, 0) is 25.6 Å². The Balaban J connectivity index is 1.39. The Kier molecular flexibility index (Phi) is 8.52. The van der Waals surface area contributed by atoms with E-state index in [-0.39, 0.29) is 13.2 Å². The van der Waals surface area contributed by atoms with Crippen LogP contribution < -0.4 is 10.2 Å². The molecule has 1 aromatic carbocycles. The zero-order chi connectivity index (χ0) is 25.5. The summed E-state index contributed by atoms with van der Waals surface area (Å²) in [6.45, 7) is 3.53. The Labute approximate surface area is 215 Å². The SMILES string of the molecule is COC(=O)c1c(C#CCNC(=O)OCc2ccccc2)sc(N(C)C2CCC3(CC2)OCCO3)c1C. The smallest absolute Gasteiger partial charge is 0.408 e. The maximum atomic E-state index is 12.6. The molecule has 4 rings (SSSR count). The van der Waals surface area contributed by atoms with E-state index in [2.05, 4.69) is 29.1 Å². The van der Waals surface area contributed by atoms with Gasteiger partial charge in [0, 0.05) is 25.9 Å². The lowest BCUT2D eigenvalue weighted by atomic mass is 9.89. The fourth-order valence-electron chi connectivity index (χ4n) is 4.67. The molecule has 1 spiro atoms. The van der Waals surface area contributed by atoms with Crippen LogP contribution in [0.3, 0.4) is 0 Å². The van der Waals surface area contributed by atoms with Gasteiger partial charge < -0.3 is 29.2 Å². The van der Waals surface area contributed by atoms with E-state index in [0.717, 1.165) is 41.8 Å². The second-order valence-corrected chi connectivity index (χ2v) is 9.89. The highest BCUT2D eigenvalue weighted by molar-refractivity contribution is 7.17. The van der Waals surface area contributed by atoms with Crippen LogP contribution in [0.1, 0.15) is 52.0 Å². The summed E-state index contributed by atoms with van der Waals surface area (Å²) in [4.78, 5) is 27.4. The Morgan fingerprint density at radius 1 is 1.19 bits per heavy atom. The average Bonchev–Trinajstić information content (AvgIpc) is 3.49. The molecule has 0 radical (unpaired) electrons. The average molecular weight is 513 g/mol. The zero-order valence-electron chi connectivity index (χ0n) is 20.9. The number of nitrogens with zero attached hydrogens (tertiary/aromatic N) is 1. The van der Waals surface area contributed by atoms with Gasteiger partial charge in [-0.2, -0.15) is 0 Å². The van der Waals surface area contributed by atoms with Crippen molar-refractivity contribution in [3.05, 3.63) is 51.9 Å². The predicted molar refractivity (Wildman–Crippen MR) is 137 cm³/mol. The number of rotatable bonds is 6. The molecular formula is C27H32N2O6S. The minimum atomic E-state index is -0.547. The summed E-state index contributed by atoms with van der Waals surface area (Å²) in [6, 6.07) is 9.76. The molecule has 0 unspecified atom stereocenters. The number of anilines is 1. The molecule has 8 nitrogen and oxygen atoms in total. The number of benzene rings is 1. The molecule has 1 N–H and O–H groups in total. The number of hydrogen-bond donors (Lipinski definition) is 1. The number of nitrogens with one attached hydrogen (secondary N) is 1. The minimum absolute atomic E-state index is 0.0983. The number of thiophene rings is 1. The summed E-state index contributed by atoms with van der Waals surface area (Å²) < 4.78 is 22.0. The van der Waals surface area contributed by atoms with Crippen LogP contribution in [0.5, 0.6) is 0 Å². The van der Waals surface area contributed by atoms with Crippen molar-refractivity contribution in [2.75, 3.05) is 38.8 Å². The van der Waals surface area contributed by atoms with E-state index in [4.69, 9.17) is 18.9 Å². The highest BCUT2D eigenvalue weighted by Gasteiger charge is 2.41. The fraction of sp³-hybridized carbons (Fsp3) is 0.481. The molecule has 1 aromatic heterocycles. The molecule has 0 atom stereocenters. The van der Waals surface area contributed by atoms with Gasteiger partial charge in [-0.1, -0.05) is 42.2 Å². The van der Waals surface area contributed by atoms with Gasteiger partial charge >= 0.3 is 12.1 Å². The lowest BCUT2D eigenvalue weighted by Gasteiger charge is -2.39. The third-order valence-electron chi connectivity index (χ3n) is 6.65. The predicted octanol–water partition coefficient (Wildman–Crippen LogP) is 4.24. The van der Waals surface area contributed by atoms with Crippen molar-refractivity contribution in [1.29, 1.82) is 0 Å². The molecule has 1 amide bonds. The van der Waals surface area contributed by atoms with Crippen LogP contribution in [-0.4, -0.2) is 57.8 Å². The Morgan fingerprint density at radius 2 is 1.89 bits per heavy atom. The molecule has 0 bridgehead atoms. The molecule has 2 aromatic rings.